The Bertz CT molecular complexity index is 402. The molecule has 2 heterocycles. The third kappa shape index (κ3) is 2.83. The lowest BCUT2D eigenvalue weighted by Crippen LogP contribution is -2.34. The second-order valence-electron chi connectivity index (χ2n) is 3.63. The summed E-state index contributed by atoms with van der Waals surface area (Å²) in [7, 11) is 0. The molecular weight excluding hydrogens is 256 g/mol. The second kappa shape index (κ2) is 4.72. The van der Waals surface area contributed by atoms with Crippen LogP contribution in [-0.4, -0.2) is 29.6 Å². The first-order chi connectivity index (χ1) is 7.98. The summed E-state index contributed by atoms with van der Waals surface area (Å²) >= 11 is 1.73. The summed E-state index contributed by atoms with van der Waals surface area (Å²) in [6.45, 7) is 1.22. The van der Waals surface area contributed by atoms with Gasteiger partial charge in [-0.05, 0) is 6.07 Å². The van der Waals surface area contributed by atoms with Gasteiger partial charge in [0.05, 0.1) is 5.56 Å². The summed E-state index contributed by atoms with van der Waals surface area (Å²) in [6.07, 6.45) is -3.87. The predicted octanol–water partition coefficient (Wildman–Crippen LogP) is 2.79. The minimum atomic E-state index is -4.55. The molecule has 1 aromatic heterocycles. The second-order valence-corrected chi connectivity index (χ2v) is 4.85. The van der Waals surface area contributed by atoms with E-state index in [2.05, 4.69) is 4.98 Å². The molecule has 0 aliphatic carbocycles. The Morgan fingerprint density at radius 3 is 2.41 bits per heavy atom. The van der Waals surface area contributed by atoms with Gasteiger partial charge in [-0.3, -0.25) is 0 Å². The van der Waals surface area contributed by atoms with Crippen LogP contribution in [0.25, 0.3) is 0 Å². The minimum Gasteiger partial charge on any atom is -0.353 e. The van der Waals surface area contributed by atoms with E-state index in [0.717, 1.165) is 11.5 Å². The van der Waals surface area contributed by atoms with Crippen molar-refractivity contribution < 1.29 is 17.6 Å². The van der Waals surface area contributed by atoms with Gasteiger partial charge in [0.1, 0.15) is 0 Å². The molecule has 0 N–H and O–H groups in total. The molecule has 0 bridgehead atoms. The third-order valence-electron chi connectivity index (χ3n) is 2.46. The fourth-order valence-electron chi connectivity index (χ4n) is 1.59. The van der Waals surface area contributed by atoms with Crippen LogP contribution in [0.15, 0.2) is 12.3 Å². The standard InChI is InChI=1S/C10H10F4N2S/c11-8-5-7(10(12,13)14)6-15-9(8)16-1-3-17-4-2-16/h5-6H,1-4H2. The summed E-state index contributed by atoms with van der Waals surface area (Å²) in [4.78, 5) is 5.26. The first kappa shape index (κ1) is 12.5. The van der Waals surface area contributed by atoms with Crippen LogP contribution < -0.4 is 4.90 Å². The van der Waals surface area contributed by atoms with Crippen LogP contribution >= 0.6 is 11.8 Å². The monoisotopic (exact) mass is 266 g/mol. The van der Waals surface area contributed by atoms with Gasteiger partial charge in [0, 0.05) is 30.8 Å². The van der Waals surface area contributed by atoms with Crippen LogP contribution in [0.1, 0.15) is 5.56 Å². The van der Waals surface area contributed by atoms with Crippen molar-refractivity contribution in [3.8, 4) is 0 Å². The third-order valence-corrected chi connectivity index (χ3v) is 3.40. The molecule has 0 atom stereocenters. The van der Waals surface area contributed by atoms with Gasteiger partial charge in [0.2, 0.25) is 0 Å². The zero-order chi connectivity index (χ0) is 12.5. The Labute approximate surface area is 100 Å². The SMILES string of the molecule is Fc1cc(C(F)(F)F)cnc1N1CCSCC1. The average molecular weight is 266 g/mol. The molecule has 1 fully saturated rings. The number of halogens is 4. The van der Waals surface area contributed by atoms with Crippen LogP contribution in [-0.2, 0) is 6.18 Å². The molecule has 2 rings (SSSR count). The lowest BCUT2D eigenvalue weighted by Gasteiger charge is -2.27. The van der Waals surface area contributed by atoms with Crippen LogP contribution in [0.5, 0.6) is 0 Å². The number of hydrogen-bond acceptors (Lipinski definition) is 3. The van der Waals surface area contributed by atoms with Crippen molar-refractivity contribution in [3.05, 3.63) is 23.6 Å². The highest BCUT2D eigenvalue weighted by Gasteiger charge is 2.32. The van der Waals surface area contributed by atoms with Gasteiger partial charge in [-0.1, -0.05) is 0 Å². The molecule has 0 aromatic carbocycles. The summed E-state index contributed by atoms with van der Waals surface area (Å²) < 4.78 is 50.5. The normalized spacial score (nSPS) is 17.3. The molecule has 0 saturated carbocycles. The van der Waals surface area contributed by atoms with Crippen molar-refractivity contribution >= 4 is 17.6 Å². The maximum Gasteiger partial charge on any atom is 0.417 e. The Morgan fingerprint density at radius 1 is 1.24 bits per heavy atom. The van der Waals surface area contributed by atoms with E-state index in [1.807, 2.05) is 0 Å². The Kier molecular flexibility index (Phi) is 3.46. The highest BCUT2D eigenvalue weighted by molar-refractivity contribution is 7.99. The van der Waals surface area contributed by atoms with Crippen molar-refractivity contribution in [2.45, 2.75) is 6.18 Å². The summed E-state index contributed by atoms with van der Waals surface area (Å²) in [5.41, 5.74) is -1.05. The van der Waals surface area contributed by atoms with Crippen molar-refractivity contribution in [2.75, 3.05) is 29.5 Å². The zero-order valence-corrected chi connectivity index (χ0v) is 9.61. The van der Waals surface area contributed by atoms with Gasteiger partial charge in [0.15, 0.2) is 11.6 Å². The molecule has 1 aliphatic heterocycles. The molecule has 0 amide bonds. The average Bonchev–Trinajstić information content (AvgIpc) is 2.29. The van der Waals surface area contributed by atoms with Gasteiger partial charge in [0.25, 0.3) is 0 Å². The van der Waals surface area contributed by atoms with Crippen LogP contribution in [0.2, 0.25) is 0 Å². The molecule has 17 heavy (non-hydrogen) atoms. The van der Waals surface area contributed by atoms with Crippen molar-refractivity contribution in [3.63, 3.8) is 0 Å². The van der Waals surface area contributed by atoms with Crippen LogP contribution in [0, 0.1) is 5.82 Å². The maximum absolute atomic E-state index is 13.6. The van der Waals surface area contributed by atoms with Gasteiger partial charge in [-0.2, -0.15) is 24.9 Å². The molecule has 94 valence electrons. The topological polar surface area (TPSA) is 16.1 Å². The lowest BCUT2D eigenvalue weighted by molar-refractivity contribution is -0.138. The highest BCUT2D eigenvalue weighted by atomic mass is 32.2. The van der Waals surface area contributed by atoms with Gasteiger partial charge in [-0.15, -0.1) is 0 Å². The highest BCUT2D eigenvalue weighted by Crippen LogP contribution is 2.31. The number of anilines is 1. The van der Waals surface area contributed by atoms with Crippen molar-refractivity contribution in [1.82, 2.24) is 4.98 Å². The molecule has 0 spiro atoms. The maximum atomic E-state index is 13.6. The number of pyridine rings is 1. The fourth-order valence-corrected chi connectivity index (χ4v) is 2.50. The van der Waals surface area contributed by atoms with Gasteiger partial charge >= 0.3 is 6.18 Å². The Balaban J connectivity index is 2.25. The molecule has 2 nitrogen and oxygen atoms in total. The fraction of sp³-hybridized carbons (Fsp3) is 0.500. The molecule has 7 heteroatoms. The molecule has 1 saturated heterocycles. The first-order valence-corrected chi connectivity index (χ1v) is 6.19. The predicted molar refractivity (Wildman–Crippen MR) is 58.7 cm³/mol. The molecule has 0 unspecified atom stereocenters. The molecule has 1 aliphatic rings. The van der Waals surface area contributed by atoms with E-state index in [-0.39, 0.29) is 5.82 Å². The van der Waals surface area contributed by atoms with E-state index in [0.29, 0.717) is 25.4 Å². The number of hydrogen-bond donors (Lipinski definition) is 0. The zero-order valence-electron chi connectivity index (χ0n) is 8.80. The van der Waals surface area contributed by atoms with Gasteiger partial charge < -0.3 is 4.90 Å². The number of nitrogens with zero attached hydrogens (tertiary/aromatic N) is 2. The van der Waals surface area contributed by atoms with Crippen molar-refractivity contribution in [1.29, 1.82) is 0 Å². The van der Waals surface area contributed by atoms with E-state index in [4.69, 9.17) is 0 Å². The Hall–Kier alpha value is -0.980. The lowest BCUT2D eigenvalue weighted by atomic mass is 10.2. The number of aromatic nitrogens is 1. The largest absolute Gasteiger partial charge is 0.417 e. The van der Waals surface area contributed by atoms with E-state index >= 15 is 0 Å². The number of rotatable bonds is 1. The van der Waals surface area contributed by atoms with Gasteiger partial charge in [-0.25, -0.2) is 9.37 Å². The van der Waals surface area contributed by atoms with Crippen LogP contribution in [0.3, 0.4) is 0 Å². The molecule has 0 radical (unpaired) electrons. The van der Waals surface area contributed by atoms with Crippen LogP contribution in [0.4, 0.5) is 23.4 Å². The van der Waals surface area contributed by atoms with E-state index < -0.39 is 17.6 Å². The first-order valence-electron chi connectivity index (χ1n) is 5.04. The van der Waals surface area contributed by atoms with Crippen molar-refractivity contribution in [2.24, 2.45) is 0 Å². The Morgan fingerprint density at radius 2 is 1.88 bits per heavy atom. The summed E-state index contributed by atoms with van der Waals surface area (Å²) in [5.74, 6) is 0.773. The summed E-state index contributed by atoms with van der Waals surface area (Å²) in [5, 5.41) is 0. The smallest absolute Gasteiger partial charge is 0.353 e. The number of thioether (sulfide) groups is 1. The van der Waals surface area contributed by atoms with E-state index in [1.165, 1.54) is 0 Å². The summed E-state index contributed by atoms with van der Waals surface area (Å²) in [6, 6.07) is 0.504. The molecule has 1 aromatic rings. The number of alkyl halides is 3. The quantitative estimate of drug-likeness (QED) is 0.727. The van der Waals surface area contributed by atoms with E-state index in [9.17, 15) is 17.6 Å². The minimum absolute atomic E-state index is 0.0123. The molecular formula is C10H10F4N2S. The van der Waals surface area contributed by atoms with E-state index in [1.54, 1.807) is 16.7 Å².